The highest BCUT2D eigenvalue weighted by Crippen LogP contribution is 2.32. The Kier molecular flexibility index (Phi) is 3.08. The van der Waals surface area contributed by atoms with E-state index in [1.807, 2.05) is 6.07 Å². The molecule has 1 aliphatic heterocycles. The first kappa shape index (κ1) is 12.2. The fourth-order valence-electron chi connectivity index (χ4n) is 1.71. The van der Waals surface area contributed by atoms with Crippen LogP contribution >= 0.6 is 0 Å². The molecule has 102 valence electrons. The molecule has 7 nitrogen and oxygen atoms in total. The Morgan fingerprint density at radius 2 is 2.15 bits per heavy atom. The smallest absolute Gasteiger partial charge is 0.356 e. The molecule has 3 rings (SSSR count). The summed E-state index contributed by atoms with van der Waals surface area (Å²) in [5, 5.41) is 8.81. The average Bonchev–Trinajstić information content (AvgIpc) is 2.93. The maximum atomic E-state index is 10.8. The largest absolute Gasteiger partial charge is 0.476 e. The zero-order chi connectivity index (χ0) is 13.9. The van der Waals surface area contributed by atoms with E-state index in [-0.39, 0.29) is 25.0 Å². The van der Waals surface area contributed by atoms with Gasteiger partial charge in [-0.25, -0.2) is 9.78 Å². The first-order valence-electron chi connectivity index (χ1n) is 5.79. The lowest BCUT2D eigenvalue weighted by molar-refractivity contribution is 0.0688. The monoisotopic (exact) mass is 274 g/mol. The minimum Gasteiger partial charge on any atom is -0.476 e. The van der Waals surface area contributed by atoms with E-state index >= 15 is 0 Å². The molecule has 2 heterocycles. The van der Waals surface area contributed by atoms with E-state index in [9.17, 15) is 4.79 Å². The van der Waals surface area contributed by atoms with E-state index < -0.39 is 5.97 Å². The minimum absolute atomic E-state index is 0.155. The topological polar surface area (TPSA) is 90.8 Å². The lowest BCUT2D eigenvalue weighted by Crippen LogP contribution is -2.04. The van der Waals surface area contributed by atoms with Crippen LogP contribution in [-0.2, 0) is 6.61 Å². The summed E-state index contributed by atoms with van der Waals surface area (Å²) in [6.07, 6.45) is 2.52. The molecule has 0 bridgehead atoms. The summed E-state index contributed by atoms with van der Waals surface area (Å²) in [5.41, 5.74) is 0.699. The maximum absolute atomic E-state index is 10.8. The van der Waals surface area contributed by atoms with Gasteiger partial charge in [-0.1, -0.05) is 6.07 Å². The van der Waals surface area contributed by atoms with Gasteiger partial charge in [0.2, 0.25) is 12.7 Å². The number of carbonyl (C=O) groups is 1. The van der Waals surface area contributed by atoms with E-state index in [4.69, 9.17) is 19.3 Å². The Labute approximate surface area is 113 Å². The summed E-state index contributed by atoms with van der Waals surface area (Å²) in [4.78, 5) is 18.3. The molecule has 1 aromatic heterocycles. The molecule has 0 atom stereocenters. The third kappa shape index (κ3) is 2.46. The van der Waals surface area contributed by atoms with E-state index in [0.717, 1.165) is 11.8 Å². The first-order chi connectivity index (χ1) is 9.72. The number of fused-ring (bicyclic) bond motifs is 1. The highest BCUT2D eigenvalue weighted by atomic mass is 16.7. The molecular formula is C13H10N2O5. The van der Waals surface area contributed by atoms with Crippen molar-refractivity contribution in [2.75, 3.05) is 6.79 Å². The lowest BCUT2D eigenvalue weighted by atomic mass is 10.2. The quantitative estimate of drug-likeness (QED) is 0.902. The zero-order valence-electron chi connectivity index (χ0n) is 10.3. The predicted octanol–water partition coefficient (Wildman–Crippen LogP) is 1.48. The number of hydrogen-bond donors (Lipinski definition) is 1. The summed E-state index contributed by atoms with van der Waals surface area (Å²) in [6, 6.07) is 5.43. The number of hydrogen-bond acceptors (Lipinski definition) is 6. The second kappa shape index (κ2) is 5.04. The second-order valence-corrected chi connectivity index (χ2v) is 4.02. The maximum Gasteiger partial charge on any atom is 0.356 e. The van der Waals surface area contributed by atoms with Gasteiger partial charge in [0.05, 0.1) is 12.4 Å². The molecule has 0 aliphatic carbocycles. The molecule has 0 radical (unpaired) electrons. The zero-order valence-corrected chi connectivity index (χ0v) is 10.3. The highest BCUT2D eigenvalue weighted by molar-refractivity contribution is 5.84. The van der Waals surface area contributed by atoms with Crippen LogP contribution in [0.2, 0.25) is 0 Å². The predicted molar refractivity (Wildman–Crippen MR) is 65.9 cm³/mol. The van der Waals surface area contributed by atoms with Gasteiger partial charge in [0.15, 0.2) is 17.2 Å². The van der Waals surface area contributed by atoms with Gasteiger partial charge in [-0.05, 0) is 17.7 Å². The summed E-state index contributed by atoms with van der Waals surface area (Å²) in [7, 11) is 0. The van der Waals surface area contributed by atoms with Crippen LogP contribution in [-0.4, -0.2) is 27.8 Å². The van der Waals surface area contributed by atoms with Crippen molar-refractivity contribution in [3.8, 4) is 17.4 Å². The first-order valence-corrected chi connectivity index (χ1v) is 5.79. The molecular weight excluding hydrogens is 264 g/mol. The molecule has 0 spiro atoms. The summed E-state index contributed by atoms with van der Waals surface area (Å²) < 4.78 is 15.9. The van der Waals surface area contributed by atoms with E-state index in [1.54, 1.807) is 12.1 Å². The standard InChI is InChI=1S/C13H10N2O5/c16-13(17)9-4-14-5-12(15-9)18-6-8-1-2-10-11(3-8)20-7-19-10/h1-5H,6-7H2,(H,16,17). The van der Waals surface area contributed by atoms with Crippen molar-refractivity contribution < 1.29 is 24.1 Å². The third-order valence-corrected chi connectivity index (χ3v) is 2.66. The molecule has 0 amide bonds. The average molecular weight is 274 g/mol. The van der Waals surface area contributed by atoms with Crippen LogP contribution in [0.3, 0.4) is 0 Å². The van der Waals surface area contributed by atoms with Crippen LogP contribution < -0.4 is 14.2 Å². The Hall–Kier alpha value is -2.83. The number of carboxylic acid groups (broad SMARTS) is 1. The Morgan fingerprint density at radius 1 is 1.30 bits per heavy atom. The summed E-state index contributed by atoms with van der Waals surface area (Å²) in [5.74, 6) is 0.367. The summed E-state index contributed by atoms with van der Waals surface area (Å²) in [6.45, 7) is 0.445. The Bertz CT molecular complexity index is 659. The van der Waals surface area contributed by atoms with Crippen LogP contribution in [0.25, 0.3) is 0 Å². The van der Waals surface area contributed by atoms with Crippen molar-refractivity contribution in [3.63, 3.8) is 0 Å². The number of ether oxygens (including phenoxy) is 3. The van der Waals surface area contributed by atoms with Gasteiger partial charge < -0.3 is 19.3 Å². The Balaban J connectivity index is 1.70. The molecule has 0 fully saturated rings. The fourth-order valence-corrected chi connectivity index (χ4v) is 1.71. The molecule has 20 heavy (non-hydrogen) atoms. The Morgan fingerprint density at radius 3 is 3.00 bits per heavy atom. The summed E-state index contributed by atoms with van der Waals surface area (Å²) >= 11 is 0. The van der Waals surface area contributed by atoms with Gasteiger partial charge in [0.25, 0.3) is 0 Å². The number of nitrogens with zero attached hydrogens (tertiary/aromatic N) is 2. The molecule has 1 aliphatic rings. The second-order valence-electron chi connectivity index (χ2n) is 4.02. The normalized spacial score (nSPS) is 12.2. The number of aromatic carboxylic acids is 1. The van der Waals surface area contributed by atoms with Crippen molar-refractivity contribution in [1.29, 1.82) is 0 Å². The van der Waals surface area contributed by atoms with Gasteiger partial charge in [-0.3, -0.25) is 4.98 Å². The van der Waals surface area contributed by atoms with Gasteiger partial charge in [-0.2, -0.15) is 0 Å². The van der Waals surface area contributed by atoms with Crippen LogP contribution in [0.5, 0.6) is 17.4 Å². The molecule has 1 N–H and O–H groups in total. The number of aromatic nitrogens is 2. The van der Waals surface area contributed by atoms with Crippen molar-refractivity contribution in [1.82, 2.24) is 9.97 Å². The lowest BCUT2D eigenvalue weighted by Gasteiger charge is -2.06. The van der Waals surface area contributed by atoms with Gasteiger partial charge in [0, 0.05) is 0 Å². The molecule has 1 aromatic carbocycles. The van der Waals surface area contributed by atoms with Crippen molar-refractivity contribution in [3.05, 3.63) is 41.9 Å². The van der Waals surface area contributed by atoms with Crippen molar-refractivity contribution >= 4 is 5.97 Å². The van der Waals surface area contributed by atoms with Gasteiger partial charge >= 0.3 is 5.97 Å². The number of benzene rings is 1. The van der Waals surface area contributed by atoms with E-state index in [0.29, 0.717) is 11.5 Å². The van der Waals surface area contributed by atoms with Crippen molar-refractivity contribution in [2.24, 2.45) is 0 Å². The molecule has 2 aromatic rings. The van der Waals surface area contributed by atoms with Crippen LogP contribution in [0.4, 0.5) is 0 Å². The van der Waals surface area contributed by atoms with E-state index in [2.05, 4.69) is 9.97 Å². The SMILES string of the molecule is O=C(O)c1cncc(OCc2ccc3c(c2)OCO3)n1. The van der Waals surface area contributed by atoms with Crippen LogP contribution in [0, 0.1) is 0 Å². The highest BCUT2D eigenvalue weighted by Gasteiger charge is 2.13. The van der Waals surface area contributed by atoms with Gasteiger partial charge in [0.1, 0.15) is 6.61 Å². The molecule has 0 unspecified atom stereocenters. The molecule has 0 saturated heterocycles. The number of carboxylic acids is 1. The van der Waals surface area contributed by atoms with Crippen LogP contribution in [0.15, 0.2) is 30.6 Å². The minimum atomic E-state index is -1.15. The van der Waals surface area contributed by atoms with Crippen molar-refractivity contribution in [2.45, 2.75) is 6.61 Å². The fraction of sp³-hybridized carbons (Fsp3) is 0.154. The molecule has 0 saturated carbocycles. The van der Waals surface area contributed by atoms with Crippen LogP contribution in [0.1, 0.15) is 16.1 Å². The van der Waals surface area contributed by atoms with E-state index in [1.165, 1.54) is 6.20 Å². The molecule has 7 heteroatoms. The van der Waals surface area contributed by atoms with Gasteiger partial charge in [-0.15, -0.1) is 0 Å². The number of rotatable bonds is 4. The third-order valence-electron chi connectivity index (χ3n) is 2.66.